The fourth-order valence-electron chi connectivity index (χ4n) is 2.82. The summed E-state index contributed by atoms with van der Waals surface area (Å²) in [7, 11) is 0. The minimum Gasteiger partial charge on any atom is -0.484 e. The van der Waals surface area contributed by atoms with Crippen LogP contribution in [0.25, 0.3) is 0 Å². The molecule has 0 radical (unpaired) electrons. The smallest absolute Gasteiger partial charge is 0.414 e. The zero-order valence-corrected chi connectivity index (χ0v) is 17.3. The van der Waals surface area contributed by atoms with Crippen molar-refractivity contribution >= 4 is 29.4 Å². The van der Waals surface area contributed by atoms with Crippen molar-refractivity contribution in [1.82, 2.24) is 9.80 Å². The lowest BCUT2D eigenvalue weighted by molar-refractivity contribution is -0.159. The van der Waals surface area contributed by atoms with Crippen LogP contribution in [-0.2, 0) is 20.9 Å². The Morgan fingerprint density at radius 3 is 2.13 bits per heavy atom. The maximum atomic E-state index is 13.2. The maximum absolute atomic E-state index is 13.2. The number of amides is 1. The topological polar surface area (TPSA) is 107 Å². The van der Waals surface area contributed by atoms with Gasteiger partial charge in [0.2, 0.25) is 0 Å². The second kappa shape index (κ2) is 11.9. The number of hydrogen-bond acceptors (Lipinski definition) is 5. The van der Waals surface area contributed by atoms with E-state index in [0.717, 1.165) is 18.7 Å². The number of carbonyl (C=O) groups is 3. The molecule has 166 valence electrons. The SMILES string of the molecule is O=C(COc1ccc(Cl)cc1)N1CCN(Cc2cccc(F)c2)CC1.O=C(O)C(=O)O. The van der Waals surface area contributed by atoms with Crippen LogP contribution in [0.1, 0.15) is 5.56 Å². The van der Waals surface area contributed by atoms with Crippen LogP contribution in [0, 0.1) is 5.82 Å². The summed E-state index contributed by atoms with van der Waals surface area (Å²) in [6, 6.07) is 13.6. The summed E-state index contributed by atoms with van der Waals surface area (Å²) >= 11 is 5.82. The summed E-state index contributed by atoms with van der Waals surface area (Å²) < 4.78 is 18.8. The Balaban J connectivity index is 0.000000501. The zero-order valence-electron chi connectivity index (χ0n) is 16.5. The van der Waals surface area contributed by atoms with Gasteiger partial charge < -0.3 is 19.8 Å². The van der Waals surface area contributed by atoms with Crippen LogP contribution in [-0.4, -0.2) is 70.6 Å². The third-order valence-electron chi connectivity index (χ3n) is 4.38. The molecule has 1 aliphatic heterocycles. The quantitative estimate of drug-likeness (QED) is 0.670. The van der Waals surface area contributed by atoms with E-state index >= 15 is 0 Å². The van der Waals surface area contributed by atoms with E-state index in [2.05, 4.69) is 4.90 Å². The molecule has 2 aromatic carbocycles. The number of hydrogen-bond donors (Lipinski definition) is 2. The van der Waals surface area contributed by atoms with Crippen molar-refractivity contribution < 1.29 is 33.7 Å². The summed E-state index contributed by atoms with van der Waals surface area (Å²) in [4.78, 5) is 34.5. The van der Waals surface area contributed by atoms with Gasteiger partial charge in [-0.1, -0.05) is 23.7 Å². The highest BCUT2D eigenvalue weighted by atomic mass is 35.5. The number of carboxylic acid groups (broad SMARTS) is 2. The fourth-order valence-corrected chi connectivity index (χ4v) is 2.94. The fraction of sp³-hybridized carbons (Fsp3) is 0.286. The van der Waals surface area contributed by atoms with Crippen LogP contribution in [0.4, 0.5) is 4.39 Å². The predicted molar refractivity (Wildman–Crippen MR) is 110 cm³/mol. The Morgan fingerprint density at radius 2 is 1.58 bits per heavy atom. The predicted octanol–water partition coefficient (Wildman–Crippen LogP) is 2.36. The molecule has 3 rings (SSSR count). The van der Waals surface area contributed by atoms with Gasteiger partial charge in [-0.2, -0.15) is 0 Å². The molecule has 0 bridgehead atoms. The number of rotatable bonds is 5. The first kappa shape index (κ1) is 24.1. The van der Waals surface area contributed by atoms with Crippen LogP contribution in [0.3, 0.4) is 0 Å². The monoisotopic (exact) mass is 452 g/mol. The molecule has 0 aliphatic carbocycles. The van der Waals surface area contributed by atoms with Crippen LogP contribution in [0.5, 0.6) is 5.75 Å². The van der Waals surface area contributed by atoms with Gasteiger partial charge in [0, 0.05) is 37.7 Å². The van der Waals surface area contributed by atoms with Crippen LogP contribution < -0.4 is 4.74 Å². The molecule has 0 aromatic heterocycles. The highest BCUT2D eigenvalue weighted by molar-refractivity contribution is 6.30. The number of nitrogens with zero attached hydrogens (tertiary/aromatic N) is 2. The molecule has 1 amide bonds. The lowest BCUT2D eigenvalue weighted by Gasteiger charge is -2.34. The van der Waals surface area contributed by atoms with E-state index in [1.807, 2.05) is 6.07 Å². The van der Waals surface area contributed by atoms with Crippen molar-refractivity contribution in [2.24, 2.45) is 0 Å². The number of carbonyl (C=O) groups excluding carboxylic acids is 1. The van der Waals surface area contributed by atoms with Gasteiger partial charge in [-0.3, -0.25) is 9.69 Å². The minimum absolute atomic E-state index is 0.0194. The number of ether oxygens (including phenoxy) is 1. The normalized spacial score (nSPS) is 13.7. The Labute approximate surface area is 183 Å². The number of piperazine rings is 1. The van der Waals surface area contributed by atoms with E-state index in [-0.39, 0.29) is 18.3 Å². The zero-order chi connectivity index (χ0) is 22.8. The first-order chi connectivity index (χ1) is 14.7. The van der Waals surface area contributed by atoms with Crippen molar-refractivity contribution in [1.29, 1.82) is 0 Å². The molecule has 31 heavy (non-hydrogen) atoms. The molecule has 0 atom stereocenters. The number of aliphatic carboxylic acids is 2. The van der Waals surface area contributed by atoms with Gasteiger partial charge in [-0.25, -0.2) is 14.0 Å². The molecular formula is C21H22ClFN2O6. The van der Waals surface area contributed by atoms with Crippen molar-refractivity contribution in [3.8, 4) is 5.75 Å². The van der Waals surface area contributed by atoms with Crippen molar-refractivity contribution in [2.75, 3.05) is 32.8 Å². The maximum Gasteiger partial charge on any atom is 0.414 e. The first-order valence-electron chi connectivity index (χ1n) is 9.33. The van der Waals surface area contributed by atoms with Crippen LogP contribution in [0.15, 0.2) is 48.5 Å². The van der Waals surface area contributed by atoms with E-state index in [0.29, 0.717) is 30.4 Å². The number of benzene rings is 2. The average Bonchev–Trinajstić information content (AvgIpc) is 2.74. The standard InChI is InChI=1S/C19H20ClFN2O2.C2H2O4/c20-16-4-6-18(7-5-16)25-14-19(24)23-10-8-22(9-11-23)13-15-2-1-3-17(21)12-15;3-1(4)2(5)6/h1-7,12H,8-11,13-14H2;(H,3,4)(H,5,6). The van der Waals surface area contributed by atoms with Gasteiger partial charge in [0.1, 0.15) is 11.6 Å². The van der Waals surface area contributed by atoms with Crippen molar-refractivity contribution in [3.05, 3.63) is 64.9 Å². The highest BCUT2D eigenvalue weighted by Crippen LogP contribution is 2.16. The lowest BCUT2D eigenvalue weighted by atomic mass is 10.2. The lowest BCUT2D eigenvalue weighted by Crippen LogP contribution is -2.49. The Hall–Kier alpha value is -3.17. The van der Waals surface area contributed by atoms with Gasteiger partial charge in [0.15, 0.2) is 6.61 Å². The summed E-state index contributed by atoms with van der Waals surface area (Å²) in [5.41, 5.74) is 0.950. The summed E-state index contributed by atoms with van der Waals surface area (Å²) in [6.45, 7) is 3.55. The second-order valence-electron chi connectivity index (χ2n) is 6.64. The Morgan fingerprint density at radius 1 is 0.968 bits per heavy atom. The Kier molecular flexibility index (Phi) is 9.23. The first-order valence-corrected chi connectivity index (χ1v) is 9.71. The minimum atomic E-state index is -1.82. The number of halogens is 2. The molecule has 1 heterocycles. The van der Waals surface area contributed by atoms with Gasteiger partial charge >= 0.3 is 11.9 Å². The van der Waals surface area contributed by atoms with Gasteiger partial charge in [0.25, 0.3) is 5.91 Å². The molecule has 2 aromatic rings. The third-order valence-corrected chi connectivity index (χ3v) is 4.63. The van der Waals surface area contributed by atoms with E-state index in [4.69, 9.17) is 36.1 Å². The van der Waals surface area contributed by atoms with Crippen molar-refractivity contribution in [2.45, 2.75) is 6.54 Å². The second-order valence-corrected chi connectivity index (χ2v) is 7.08. The van der Waals surface area contributed by atoms with Gasteiger partial charge in [-0.05, 0) is 42.0 Å². The van der Waals surface area contributed by atoms with E-state index in [1.54, 1.807) is 41.3 Å². The molecule has 0 spiro atoms. The van der Waals surface area contributed by atoms with Crippen molar-refractivity contribution in [3.63, 3.8) is 0 Å². The molecular weight excluding hydrogens is 431 g/mol. The molecule has 1 saturated heterocycles. The molecule has 8 nitrogen and oxygen atoms in total. The third kappa shape index (κ3) is 8.61. The summed E-state index contributed by atoms with van der Waals surface area (Å²) in [5, 5.41) is 15.4. The average molecular weight is 453 g/mol. The molecule has 1 aliphatic rings. The summed E-state index contributed by atoms with van der Waals surface area (Å²) in [5.74, 6) is -3.27. The molecule has 1 fully saturated rings. The van der Waals surface area contributed by atoms with E-state index in [1.165, 1.54) is 6.07 Å². The molecule has 2 N–H and O–H groups in total. The molecule has 0 unspecified atom stereocenters. The van der Waals surface area contributed by atoms with Crippen LogP contribution in [0.2, 0.25) is 5.02 Å². The Bertz CT molecular complexity index is 889. The molecule has 10 heteroatoms. The largest absolute Gasteiger partial charge is 0.484 e. The highest BCUT2D eigenvalue weighted by Gasteiger charge is 2.21. The summed E-state index contributed by atoms with van der Waals surface area (Å²) in [6.07, 6.45) is 0. The van der Waals surface area contributed by atoms with E-state index < -0.39 is 11.9 Å². The van der Waals surface area contributed by atoms with Gasteiger partial charge in [-0.15, -0.1) is 0 Å². The van der Waals surface area contributed by atoms with Crippen LogP contribution >= 0.6 is 11.6 Å². The number of carboxylic acids is 2. The van der Waals surface area contributed by atoms with E-state index in [9.17, 15) is 9.18 Å². The molecule has 0 saturated carbocycles. The van der Waals surface area contributed by atoms with Gasteiger partial charge in [0.05, 0.1) is 0 Å².